The predicted octanol–water partition coefficient (Wildman–Crippen LogP) is 2.62. The van der Waals surface area contributed by atoms with Gasteiger partial charge in [0.2, 0.25) is 5.91 Å². The number of hydrogen-bond donors (Lipinski definition) is 0. The number of benzene rings is 1. The standard InChI is InChI=1S/C12H10N2O/c1-13-10-6-7-11-9(8-10)4-3-5-12(15)14(11)2/h3-4,6-8H,5H2,2H3. The van der Waals surface area contributed by atoms with Gasteiger partial charge < -0.3 is 4.90 Å². The van der Waals surface area contributed by atoms with Crippen molar-refractivity contribution in [2.75, 3.05) is 11.9 Å². The van der Waals surface area contributed by atoms with Crippen LogP contribution >= 0.6 is 0 Å². The van der Waals surface area contributed by atoms with E-state index in [0.29, 0.717) is 12.1 Å². The van der Waals surface area contributed by atoms with Crippen molar-refractivity contribution in [1.82, 2.24) is 0 Å². The molecule has 0 saturated heterocycles. The molecule has 0 atom stereocenters. The van der Waals surface area contributed by atoms with E-state index in [0.717, 1.165) is 11.3 Å². The average Bonchev–Trinajstić information content (AvgIpc) is 2.40. The number of rotatable bonds is 0. The van der Waals surface area contributed by atoms with Crippen LogP contribution in [0.5, 0.6) is 0 Å². The average molecular weight is 198 g/mol. The summed E-state index contributed by atoms with van der Waals surface area (Å²) in [5.41, 5.74) is 2.39. The maximum atomic E-state index is 11.5. The fourth-order valence-electron chi connectivity index (χ4n) is 1.61. The third kappa shape index (κ3) is 1.62. The normalized spacial score (nSPS) is 14.4. The first-order valence-electron chi connectivity index (χ1n) is 4.67. The number of anilines is 1. The van der Waals surface area contributed by atoms with Gasteiger partial charge in [-0.3, -0.25) is 4.79 Å². The molecule has 74 valence electrons. The zero-order chi connectivity index (χ0) is 10.8. The van der Waals surface area contributed by atoms with Gasteiger partial charge in [0, 0.05) is 19.2 Å². The topological polar surface area (TPSA) is 24.7 Å². The zero-order valence-corrected chi connectivity index (χ0v) is 8.40. The van der Waals surface area contributed by atoms with Gasteiger partial charge in [-0.2, -0.15) is 0 Å². The summed E-state index contributed by atoms with van der Waals surface area (Å²) in [7, 11) is 1.76. The van der Waals surface area contributed by atoms with Crippen LogP contribution in [0.25, 0.3) is 10.9 Å². The first-order valence-corrected chi connectivity index (χ1v) is 4.67. The molecule has 0 aliphatic carbocycles. The Morgan fingerprint density at radius 1 is 1.47 bits per heavy atom. The van der Waals surface area contributed by atoms with E-state index < -0.39 is 0 Å². The third-order valence-corrected chi connectivity index (χ3v) is 2.47. The fraction of sp³-hybridized carbons (Fsp3) is 0.167. The lowest BCUT2D eigenvalue weighted by Gasteiger charge is -2.17. The molecule has 0 saturated carbocycles. The van der Waals surface area contributed by atoms with E-state index in [1.165, 1.54) is 0 Å². The minimum absolute atomic E-state index is 0.0700. The van der Waals surface area contributed by atoms with Crippen LogP contribution < -0.4 is 4.90 Å². The summed E-state index contributed by atoms with van der Waals surface area (Å²) in [6, 6.07) is 5.35. The van der Waals surface area contributed by atoms with Crippen LogP contribution in [0, 0.1) is 6.57 Å². The first kappa shape index (κ1) is 9.47. The molecule has 1 heterocycles. The van der Waals surface area contributed by atoms with Crippen LogP contribution in [-0.4, -0.2) is 13.0 Å². The number of nitrogens with zero attached hydrogens (tertiary/aromatic N) is 2. The van der Waals surface area contributed by atoms with Crippen LogP contribution in [0.1, 0.15) is 12.0 Å². The van der Waals surface area contributed by atoms with Gasteiger partial charge in [-0.05, 0) is 17.7 Å². The largest absolute Gasteiger partial charge is 0.315 e. The van der Waals surface area contributed by atoms with Gasteiger partial charge in [0.25, 0.3) is 0 Å². The lowest BCUT2D eigenvalue weighted by atomic mass is 10.1. The molecule has 0 N–H and O–H groups in total. The second-order valence-corrected chi connectivity index (χ2v) is 3.41. The van der Waals surface area contributed by atoms with Gasteiger partial charge in [0.15, 0.2) is 5.69 Å². The lowest BCUT2D eigenvalue weighted by molar-refractivity contribution is -0.117. The number of fused-ring (bicyclic) bond motifs is 1. The summed E-state index contributed by atoms with van der Waals surface area (Å²) < 4.78 is 0. The quantitative estimate of drug-likeness (QED) is 0.588. The van der Waals surface area contributed by atoms with Crippen LogP contribution in [0.3, 0.4) is 0 Å². The molecule has 1 aromatic carbocycles. The third-order valence-electron chi connectivity index (χ3n) is 2.47. The SMILES string of the molecule is [C-]#[N+]c1ccc2c(c1)C=CCC(=O)N2C. The highest BCUT2D eigenvalue weighted by atomic mass is 16.2. The minimum atomic E-state index is 0.0700. The van der Waals surface area contributed by atoms with E-state index in [1.807, 2.05) is 18.2 Å². The van der Waals surface area contributed by atoms with Crippen LogP contribution in [0.15, 0.2) is 24.3 Å². The Kier molecular flexibility index (Phi) is 2.26. The van der Waals surface area contributed by atoms with E-state index in [-0.39, 0.29) is 5.91 Å². The Morgan fingerprint density at radius 2 is 2.27 bits per heavy atom. The Bertz CT molecular complexity index is 483. The number of amides is 1. The van der Waals surface area contributed by atoms with Crippen LogP contribution in [0.2, 0.25) is 0 Å². The second-order valence-electron chi connectivity index (χ2n) is 3.41. The van der Waals surface area contributed by atoms with Crippen molar-refractivity contribution in [3.05, 3.63) is 41.3 Å². The van der Waals surface area contributed by atoms with E-state index >= 15 is 0 Å². The van der Waals surface area contributed by atoms with Crippen LogP contribution in [0.4, 0.5) is 11.4 Å². The Hall–Kier alpha value is -2.08. The Labute approximate surface area is 88.4 Å². The summed E-state index contributed by atoms with van der Waals surface area (Å²) in [5, 5.41) is 0. The molecule has 0 fully saturated rings. The molecule has 0 unspecified atom stereocenters. The summed E-state index contributed by atoms with van der Waals surface area (Å²) in [4.78, 5) is 16.5. The molecule has 0 spiro atoms. The molecular weight excluding hydrogens is 188 g/mol. The lowest BCUT2D eigenvalue weighted by Crippen LogP contribution is -2.24. The van der Waals surface area contributed by atoms with Crippen molar-refractivity contribution in [3.8, 4) is 0 Å². The fourth-order valence-corrected chi connectivity index (χ4v) is 1.61. The summed E-state index contributed by atoms with van der Waals surface area (Å²) in [5.74, 6) is 0.0700. The van der Waals surface area contributed by atoms with Crippen molar-refractivity contribution in [1.29, 1.82) is 0 Å². The first-order chi connectivity index (χ1) is 7.22. The van der Waals surface area contributed by atoms with E-state index in [9.17, 15) is 4.79 Å². The monoisotopic (exact) mass is 198 g/mol. The molecule has 15 heavy (non-hydrogen) atoms. The Balaban J connectivity index is 2.57. The van der Waals surface area contributed by atoms with Gasteiger partial charge in [0.05, 0.1) is 6.57 Å². The summed E-state index contributed by atoms with van der Waals surface area (Å²) >= 11 is 0. The predicted molar refractivity (Wildman–Crippen MR) is 59.8 cm³/mol. The molecule has 1 aliphatic heterocycles. The molecular formula is C12H10N2O. The van der Waals surface area contributed by atoms with E-state index in [2.05, 4.69) is 4.85 Å². The highest BCUT2D eigenvalue weighted by Crippen LogP contribution is 2.28. The maximum absolute atomic E-state index is 11.5. The minimum Gasteiger partial charge on any atom is -0.315 e. The molecule has 2 rings (SSSR count). The van der Waals surface area contributed by atoms with Gasteiger partial charge in [-0.1, -0.05) is 18.2 Å². The highest BCUT2D eigenvalue weighted by Gasteiger charge is 2.15. The summed E-state index contributed by atoms with van der Waals surface area (Å²) in [6.07, 6.45) is 4.14. The van der Waals surface area contributed by atoms with Gasteiger partial charge >= 0.3 is 0 Å². The molecule has 1 aromatic rings. The second kappa shape index (κ2) is 3.58. The number of carbonyl (C=O) groups excluding carboxylic acids is 1. The number of carbonyl (C=O) groups is 1. The summed E-state index contributed by atoms with van der Waals surface area (Å²) in [6.45, 7) is 6.93. The zero-order valence-electron chi connectivity index (χ0n) is 8.40. The van der Waals surface area contributed by atoms with Crippen molar-refractivity contribution >= 4 is 23.4 Å². The smallest absolute Gasteiger partial charge is 0.230 e. The van der Waals surface area contributed by atoms with Gasteiger partial charge in [-0.15, -0.1) is 0 Å². The van der Waals surface area contributed by atoms with E-state index in [4.69, 9.17) is 6.57 Å². The molecule has 0 radical (unpaired) electrons. The van der Waals surface area contributed by atoms with Gasteiger partial charge in [0.1, 0.15) is 0 Å². The van der Waals surface area contributed by atoms with Crippen LogP contribution in [-0.2, 0) is 4.79 Å². The molecule has 0 bridgehead atoms. The maximum Gasteiger partial charge on any atom is 0.230 e. The highest BCUT2D eigenvalue weighted by molar-refractivity contribution is 5.98. The van der Waals surface area contributed by atoms with Crippen molar-refractivity contribution in [2.45, 2.75) is 6.42 Å². The molecule has 1 aliphatic rings. The van der Waals surface area contributed by atoms with Crippen molar-refractivity contribution in [3.63, 3.8) is 0 Å². The van der Waals surface area contributed by atoms with E-state index in [1.54, 1.807) is 24.1 Å². The molecule has 0 aromatic heterocycles. The number of hydrogen-bond acceptors (Lipinski definition) is 1. The molecule has 1 amide bonds. The molecule has 3 nitrogen and oxygen atoms in total. The van der Waals surface area contributed by atoms with Crippen molar-refractivity contribution in [2.24, 2.45) is 0 Å². The van der Waals surface area contributed by atoms with Crippen molar-refractivity contribution < 1.29 is 4.79 Å². The Morgan fingerprint density at radius 3 is 3.00 bits per heavy atom. The molecule has 3 heteroatoms. The van der Waals surface area contributed by atoms with Gasteiger partial charge in [-0.25, -0.2) is 4.85 Å².